The summed E-state index contributed by atoms with van der Waals surface area (Å²) < 4.78 is 33.3. The van der Waals surface area contributed by atoms with Gasteiger partial charge < -0.3 is 33.7 Å². The monoisotopic (exact) mass is 660 g/mol. The maximum Gasteiger partial charge on any atom is 0.407 e. The molecule has 10 heteroatoms. The average molecular weight is 661 g/mol. The molecule has 3 aromatic carbocycles. The Balaban J connectivity index is 1.14. The fourth-order valence-electron chi connectivity index (χ4n) is 5.24. The molecule has 0 radical (unpaired) electrons. The summed E-state index contributed by atoms with van der Waals surface area (Å²) in [5.41, 5.74) is 1.97. The van der Waals surface area contributed by atoms with E-state index in [1.165, 1.54) is 5.56 Å². The second kappa shape index (κ2) is 18.8. The van der Waals surface area contributed by atoms with E-state index in [2.05, 4.69) is 55.6 Å². The molecular weight excluding hydrogens is 612 g/mol. The van der Waals surface area contributed by atoms with Crippen LogP contribution in [0.5, 0.6) is 5.75 Å². The highest BCUT2D eigenvalue weighted by Gasteiger charge is 2.53. The Bertz CT molecular complexity index is 1430. The van der Waals surface area contributed by atoms with Gasteiger partial charge in [0.05, 0.1) is 39.6 Å². The zero-order valence-electron chi connectivity index (χ0n) is 28.3. The predicted octanol–water partition coefficient (Wildman–Crippen LogP) is 6.25. The van der Waals surface area contributed by atoms with Gasteiger partial charge in [0.25, 0.3) is 0 Å². The SMILES string of the molecule is CCCCOC(=O)COCCOCCNC(=O)OCCCOc1ccc(C2=N[C@@](C)(Cc3ccccc3)[C@](C)(c3ccccc3)O2)cc1. The summed E-state index contributed by atoms with van der Waals surface area (Å²) in [4.78, 5) is 28.5. The third kappa shape index (κ3) is 10.8. The van der Waals surface area contributed by atoms with Crippen molar-refractivity contribution in [2.24, 2.45) is 4.99 Å². The van der Waals surface area contributed by atoms with Crippen LogP contribution in [0.4, 0.5) is 4.79 Å². The van der Waals surface area contributed by atoms with Crippen molar-refractivity contribution in [2.75, 3.05) is 52.8 Å². The van der Waals surface area contributed by atoms with Gasteiger partial charge in [-0.15, -0.1) is 0 Å². The first-order valence-corrected chi connectivity index (χ1v) is 16.7. The molecule has 3 aromatic rings. The van der Waals surface area contributed by atoms with Crippen LogP contribution in [0.2, 0.25) is 0 Å². The van der Waals surface area contributed by atoms with Gasteiger partial charge in [-0.2, -0.15) is 0 Å². The summed E-state index contributed by atoms with van der Waals surface area (Å²) in [6.07, 6.45) is 2.55. The van der Waals surface area contributed by atoms with E-state index < -0.39 is 17.2 Å². The third-order valence-electron chi connectivity index (χ3n) is 8.15. The van der Waals surface area contributed by atoms with Gasteiger partial charge in [-0.1, -0.05) is 74.0 Å². The first-order valence-electron chi connectivity index (χ1n) is 16.7. The largest absolute Gasteiger partial charge is 0.493 e. The normalized spacial score (nSPS) is 18.4. The highest BCUT2D eigenvalue weighted by molar-refractivity contribution is 5.96. The van der Waals surface area contributed by atoms with Crippen LogP contribution in [0.25, 0.3) is 0 Å². The number of nitrogens with zero attached hydrogens (tertiary/aromatic N) is 1. The second-order valence-corrected chi connectivity index (χ2v) is 11.9. The van der Waals surface area contributed by atoms with Crippen LogP contribution in [-0.2, 0) is 40.5 Å². The number of carbonyl (C=O) groups is 2. The number of esters is 1. The summed E-state index contributed by atoms with van der Waals surface area (Å²) in [5, 5.41) is 2.63. The topological polar surface area (TPSA) is 114 Å². The molecule has 0 unspecified atom stereocenters. The van der Waals surface area contributed by atoms with Crippen molar-refractivity contribution in [1.29, 1.82) is 0 Å². The van der Waals surface area contributed by atoms with Crippen LogP contribution in [0, 0.1) is 0 Å². The average Bonchev–Trinajstić information content (AvgIpc) is 3.37. The molecule has 1 N–H and O–H groups in total. The Labute approximate surface area is 283 Å². The van der Waals surface area contributed by atoms with Crippen molar-refractivity contribution in [3.8, 4) is 5.75 Å². The summed E-state index contributed by atoms with van der Waals surface area (Å²) in [6.45, 7) is 8.39. The van der Waals surface area contributed by atoms with Gasteiger partial charge in [0.15, 0.2) is 5.60 Å². The molecule has 0 aromatic heterocycles. The van der Waals surface area contributed by atoms with Crippen LogP contribution in [0.1, 0.15) is 56.7 Å². The first-order chi connectivity index (χ1) is 23.3. The van der Waals surface area contributed by atoms with E-state index >= 15 is 0 Å². The molecule has 258 valence electrons. The molecule has 4 rings (SSSR count). The van der Waals surface area contributed by atoms with Crippen LogP contribution >= 0.6 is 0 Å². The number of amides is 1. The predicted molar refractivity (Wildman–Crippen MR) is 183 cm³/mol. The van der Waals surface area contributed by atoms with E-state index in [0.717, 1.165) is 30.4 Å². The van der Waals surface area contributed by atoms with Crippen molar-refractivity contribution in [3.63, 3.8) is 0 Å². The minimum Gasteiger partial charge on any atom is -0.493 e. The van der Waals surface area contributed by atoms with Gasteiger partial charge in [0.1, 0.15) is 17.9 Å². The maximum atomic E-state index is 11.9. The van der Waals surface area contributed by atoms with Crippen LogP contribution < -0.4 is 10.1 Å². The number of rotatable bonds is 20. The summed E-state index contributed by atoms with van der Waals surface area (Å²) in [5.74, 6) is 0.925. The molecular formula is C38H48N2O8. The van der Waals surface area contributed by atoms with Crippen molar-refractivity contribution < 1.29 is 38.0 Å². The second-order valence-electron chi connectivity index (χ2n) is 11.9. The molecule has 10 nitrogen and oxygen atoms in total. The van der Waals surface area contributed by atoms with Gasteiger partial charge in [0.2, 0.25) is 5.90 Å². The Morgan fingerprint density at radius 2 is 1.46 bits per heavy atom. The van der Waals surface area contributed by atoms with Gasteiger partial charge in [-0.05, 0) is 55.7 Å². The third-order valence-corrected chi connectivity index (χ3v) is 8.15. The van der Waals surface area contributed by atoms with E-state index in [-0.39, 0.29) is 25.8 Å². The molecule has 0 saturated heterocycles. The number of carbonyl (C=O) groups excluding carboxylic acids is 2. The molecule has 48 heavy (non-hydrogen) atoms. The number of hydrogen-bond acceptors (Lipinski definition) is 9. The van der Waals surface area contributed by atoms with Gasteiger partial charge in [-0.25, -0.2) is 14.6 Å². The Morgan fingerprint density at radius 1 is 0.771 bits per heavy atom. The smallest absolute Gasteiger partial charge is 0.407 e. The molecule has 1 aliphatic heterocycles. The number of ether oxygens (including phenoxy) is 6. The highest BCUT2D eigenvalue weighted by atomic mass is 16.6. The van der Waals surface area contributed by atoms with Crippen molar-refractivity contribution in [3.05, 3.63) is 102 Å². The van der Waals surface area contributed by atoms with Gasteiger partial charge in [-0.3, -0.25) is 0 Å². The number of aliphatic imine (C=N–C) groups is 1. The molecule has 1 aliphatic rings. The van der Waals surface area contributed by atoms with E-state index in [4.69, 9.17) is 33.4 Å². The molecule has 1 heterocycles. The quantitative estimate of drug-likeness (QED) is 0.112. The van der Waals surface area contributed by atoms with Crippen LogP contribution in [0.3, 0.4) is 0 Å². The fourth-order valence-corrected chi connectivity index (χ4v) is 5.24. The van der Waals surface area contributed by atoms with E-state index in [0.29, 0.717) is 51.0 Å². The lowest BCUT2D eigenvalue weighted by Crippen LogP contribution is -2.45. The minimum atomic E-state index is -0.658. The van der Waals surface area contributed by atoms with Crippen molar-refractivity contribution >= 4 is 18.0 Å². The lowest BCUT2D eigenvalue weighted by Gasteiger charge is -2.38. The van der Waals surface area contributed by atoms with E-state index in [1.54, 1.807) is 0 Å². The number of hydrogen-bond donors (Lipinski definition) is 1. The zero-order valence-corrected chi connectivity index (χ0v) is 28.3. The lowest BCUT2D eigenvalue weighted by molar-refractivity contribution is -0.149. The van der Waals surface area contributed by atoms with Gasteiger partial charge >= 0.3 is 12.1 Å². The lowest BCUT2D eigenvalue weighted by atomic mass is 9.74. The van der Waals surface area contributed by atoms with Crippen molar-refractivity contribution in [1.82, 2.24) is 5.32 Å². The molecule has 0 fully saturated rings. The Morgan fingerprint density at radius 3 is 2.19 bits per heavy atom. The van der Waals surface area contributed by atoms with Crippen LogP contribution in [-0.4, -0.2) is 76.3 Å². The fraction of sp³-hybridized carbons (Fsp3) is 0.447. The summed E-state index contributed by atoms with van der Waals surface area (Å²) in [6, 6.07) is 28.3. The molecule has 0 aliphatic carbocycles. The molecule has 1 amide bonds. The highest BCUT2D eigenvalue weighted by Crippen LogP contribution is 2.46. The Kier molecular flexibility index (Phi) is 14.3. The van der Waals surface area contributed by atoms with Crippen molar-refractivity contribution in [2.45, 2.75) is 57.6 Å². The molecule has 2 atom stereocenters. The van der Waals surface area contributed by atoms with E-state index in [9.17, 15) is 9.59 Å². The zero-order chi connectivity index (χ0) is 34.1. The van der Waals surface area contributed by atoms with Gasteiger partial charge in [0, 0.05) is 24.9 Å². The van der Waals surface area contributed by atoms with Crippen LogP contribution in [0.15, 0.2) is 89.9 Å². The maximum absolute atomic E-state index is 11.9. The number of benzene rings is 3. The number of alkyl carbamates (subject to hydrolysis) is 1. The first kappa shape index (κ1) is 36.4. The minimum absolute atomic E-state index is 0.0960. The Hall–Kier alpha value is -4.41. The number of unbranched alkanes of at least 4 members (excludes halogenated alkanes) is 1. The van der Waals surface area contributed by atoms with E-state index in [1.807, 2.05) is 55.5 Å². The molecule has 0 bridgehead atoms. The molecule has 0 spiro atoms. The standard InChI is InChI=1S/C38H48N2O8/c1-4-5-22-46-34(41)29-44-27-26-43-25-21-39-36(42)47-24-12-23-45-33-19-17-31(18-20-33)35-40-37(2,28-30-13-8-6-9-14-30)38(3,48-35)32-15-10-7-11-16-32/h6-11,13-20H,4-5,12,21-29H2,1-3H3,(H,39,42)/t37-,38-/m0/s1. The summed E-state index contributed by atoms with van der Waals surface area (Å²) in [7, 11) is 0. The summed E-state index contributed by atoms with van der Waals surface area (Å²) >= 11 is 0. The number of nitrogens with one attached hydrogen (secondary N) is 1. The molecule has 0 saturated carbocycles.